The van der Waals surface area contributed by atoms with Crippen LogP contribution in [-0.2, 0) is 9.53 Å². The Bertz CT molecular complexity index is 414. The molecule has 1 amide bonds. The number of halogens is 2. The smallest absolute Gasteiger partial charge is 0.325 e. The van der Waals surface area contributed by atoms with Gasteiger partial charge in [0.25, 0.3) is 5.91 Å². The lowest BCUT2D eigenvalue weighted by Crippen LogP contribution is -2.32. The van der Waals surface area contributed by atoms with Crippen LogP contribution in [0.4, 0.5) is 0 Å². The topological polar surface area (TPSA) is 46.6 Å². The van der Waals surface area contributed by atoms with Gasteiger partial charge < -0.3 is 9.64 Å². The molecule has 0 aliphatic carbocycles. The maximum atomic E-state index is 11.9. The summed E-state index contributed by atoms with van der Waals surface area (Å²) in [6.45, 7) is 2.00. The fourth-order valence-electron chi connectivity index (χ4n) is 1.11. The van der Waals surface area contributed by atoms with Crippen LogP contribution in [0.5, 0.6) is 0 Å². The molecule has 0 atom stereocenters. The molecule has 94 valence electrons. The largest absolute Gasteiger partial charge is 0.465 e. The number of rotatable bonds is 4. The fraction of sp³-hybridized carbons (Fsp3) is 0.400. The number of carbonyl (C=O) groups is 2. The zero-order valence-electron chi connectivity index (χ0n) is 9.33. The predicted octanol–water partition coefficient (Wildman–Crippen LogP) is 2.91. The number of likely N-dealkylation sites (N-methyl/N-ethyl adjacent to an activating group) is 1. The number of carbonyl (C=O) groups excluding carboxylic acids is 2. The highest BCUT2D eigenvalue weighted by Crippen LogP contribution is 2.32. The number of hydrogen-bond acceptors (Lipinski definition) is 4. The molecule has 0 bridgehead atoms. The third-order valence-corrected chi connectivity index (χ3v) is 5.12. The molecule has 0 fully saturated rings. The minimum atomic E-state index is -0.405. The molecule has 0 N–H and O–H groups in total. The molecule has 1 aromatic heterocycles. The van der Waals surface area contributed by atoms with Gasteiger partial charge in [-0.2, -0.15) is 0 Å². The number of thiophene rings is 1. The second-order valence-electron chi connectivity index (χ2n) is 3.20. The highest BCUT2D eigenvalue weighted by atomic mass is 79.9. The first-order valence-corrected chi connectivity index (χ1v) is 7.21. The van der Waals surface area contributed by atoms with Crippen LogP contribution in [0.2, 0.25) is 0 Å². The molecule has 7 heteroatoms. The lowest BCUT2D eigenvalue weighted by Gasteiger charge is -2.14. The molecule has 0 aliphatic heterocycles. The summed E-state index contributed by atoms with van der Waals surface area (Å²) < 4.78 is 6.46. The van der Waals surface area contributed by atoms with Crippen molar-refractivity contribution >= 4 is 55.1 Å². The van der Waals surface area contributed by atoms with Crippen LogP contribution >= 0.6 is 43.2 Å². The van der Waals surface area contributed by atoms with E-state index in [1.807, 2.05) is 0 Å². The monoisotopic (exact) mass is 383 g/mol. The number of amides is 1. The summed E-state index contributed by atoms with van der Waals surface area (Å²) in [4.78, 5) is 25.1. The van der Waals surface area contributed by atoms with Crippen LogP contribution in [0.3, 0.4) is 0 Å². The summed E-state index contributed by atoms with van der Waals surface area (Å²) in [5.41, 5.74) is 0. The molecule has 4 nitrogen and oxygen atoms in total. The van der Waals surface area contributed by atoms with Gasteiger partial charge in [0, 0.05) is 11.5 Å². The molecule has 1 heterocycles. The lowest BCUT2D eigenvalue weighted by molar-refractivity contribution is -0.143. The van der Waals surface area contributed by atoms with E-state index in [0.29, 0.717) is 11.5 Å². The van der Waals surface area contributed by atoms with Gasteiger partial charge in [-0.3, -0.25) is 9.59 Å². The average molecular weight is 385 g/mol. The Hall–Kier alpha value is -0.400. The molecule has 0 unspecified atom stereocenters. The Morgan fingerprint density at radius 1 is 1.47 bits per heavy atom. The van der Waals surface area contributed by atoms with Crippen molar-refractivity contribution in [3.05, 3.63) is 19.2 Å². The summed E-state index contributed by atoms with van der Waals surface area (Å²) in [6, 6.07) is 1.72. The first-order valence-electron chi connectivity index (χ1n) is 4.81. The van der Waals surface area contributed by atoms with Crippen LogP contribution in [0.25, 0.3) is 0 Å². The van der Waals surface area contributed by atoms with E-state index in [2.05, 4.69) is 31.9 Å². The van der Waals surface area contributed by atoms with Gasteiger partial charge >= 0.3 is 5.97 Å². The molecular formula is C10H11Br2NO3S. The summed E-state index contributed by atoms with van der Waals surface area (Å²) >= 11 is 7.95. The van der Waals surface area contributed by atoms with Crippen molar-refractivity contribution < 1.29 is 14.3 Å². The van der Waals surface area contributed by atoms with Crippen molar-refractivity contribution in [3.8, 4) is 0 Å². The summed E-state index contributed by atoms with van der Waals surface area (Å²) in [6.07, 6.45) is 0. The van der Waals surface area contributed by atoms with Crippen molar-refractivity contribution in [1.29, 1.82) is 0 Å². The predicted molar refractivity (Wildman–Crippen MR) is 73.3 cm³/mol. The van der Waals surface area contributed by atoms with Crippen molar-refractivity contribution in [2.24, 2.45) is 0 Å². The quantitative estimate of drug-likeness (QED) is 0.750. The van der Waals surface area contributed by atoms with Gasteiger partial charge in [-0.15, -0.1) is 11.3 Å². The Morgan fingerprint density at radius 2 is 2.12 bits per heavy atom. The highest BCUT2D eigenvalue weighted by Gasteiger charge is 2.18. The van der Waals surface area contributed by atoms with Gasteiger partial charge in [-0.25, -0.2) is 0 Å². The zero-order chi connectivity index (χ0) is 13.0. The number of esters is 1. The Labute approximate surface area is 120 Å². The maximum absolute atomic E-state index is 11.9. The van der Waals surface area contributed by atoms with Crippen LogP contribution in [-0.4, -0.2) is 37.0 Å². The minimum absolute atomic E-state index is 0.0419. The van der Waals surface area contributed by atoms with E-state index < -0.39 is 5.97 Å². The van der Waals surface area contributed by atoms with E-state index in [0.717, 1.165) is 8.26 Å². The molecular weight excluding hydrogens is 374 g/mol. The van der Waals surface area contributed by atoms with Crippen LogP contribution in [0.1, 0.15) is 16.6 Å². The van der Waals surface area contributed by atoms with Crippen molar-refractivity contribution in [3.63, 3.8) is 0 Å². The summed E-state index contributed by atoms with van der Waals surface area (Å²) in [5.74, 6) is -0.604. The van der Waals surface area contributed by atoms with E-state index >= 15 is 0 Å². The minimum Gasteiger partial charge on any atom is -0.465 e. The van der Waals surface area contributed by atoms with Gasteiger partial charge in [0.2, 0.25) is 0 Å². The third kappa shape index (κ3) is 4.08. The summed E-state index contributed by atoms with van der Waals surface area (Å²) in [5, 5.41) is 0. The lowest BCUT2D eigenvalue weighted by atomic mass is 10.4. The van der Waals surface area contributed by atoms with Gasteiger partial charge in [0.15, 0.2) is 0 Å². The van der Waals surface area contributed by atoms with Gasteiger partial charge in [0.05, 0.1) is 15.3 Å². The second kappa shape index (κ2) is 6.51. The highest BCUT2D eigenvalue weighted by molar-refractivity contribution is 9.13. The van der Waals surface area contributed by atoms with E-state index in [1.54, 1.807) is 20.0 Å². The molecule has 0 saturated heterocycles. The van der Waals surface area contributed by atoms with E-state index in [9.17, 15) is 9.59 Å². The molecule has 0 spiro atoms. The first-order chi connectivity index (χ1) is 7.95. The molecule has 1 rings (SSSR count). The van der Waals surface area contributed by atoms with Crippen LogP contribution in [0.15, 0.2) is 14.3 Å². The van der Waals surface area contributed by atoms with E-state index in [1.165, 1.54) is 16.2 Å². The Balaban J connectivity index is 2.66. The Morgan fingerprint density at radius 3 is 2.59 bits per heavy atom. The first kappa shape index (κ1) is 14.7. The Kier molecular flexibility index (Phi) is 5.61. The third-order valence-electron chi connectivity index (χ3n) is 1.87. The van der Waals surface area contributed by atoms with E-state index in [4.69, 9.17) is 4.74 Å². The SMILES string of the molecule is CCOC(=O)CN(C)C(=O)c1cc(Br)c(Br)s1. The molecule has 1 aromatic rings. The van der Waals surface area contributed by atoms with Crippen molar-refractivity contribution in [1.82, 2.24) is 4.90 Å². The molecule has 0 saturated carbocycles. The fourth-order valence-corrected chi connectivity index (χ4v) is 3.14. The average Bonchev–Trinajstić information content (AvgIpc) is 2.58. The van der Waals surface area contributed by atoms with Gasteiger partial charge in [0.1, 0.15) is 6.54 Å². The van der Waals surface area contributed by atoms with Crippen molar-refractivity contribution in [2.45, 2.75) is 6.92 Å². The van der Waals surface area contributed by atoms with E-state index in [-0.39, 0.29) is 12.5 Å². The van der Waals surface area contributed by atoms with Crippen LogP contribution < -0.4 is 0 Å². The second-order valence-corrected chi connectivity index (χ2v) is 6.42. The molecule has 0 aliphatic rings. The van der Waals surface area contributed by atoms with Gasteiger partial charge in [-0.1, -0.05) is 0 Å². The van der Waals surface area contributed by atoms with Gasteiger partial charge in [-0.05, 0) is 44.8 Å². The van der Waals surface area contributed by atoms with Crippen molar-refractivity contribution in [2.75, 3.05) is 20.2 Å². The number of hydrogen-bond donors (Lipinski definition) is 0. The molecule has 0 radical (unpaired) electrons. The standard InChI is InChI=1S/C10H11Br2NO3S/c1-3-16-8(14)5-13(2)10(15)7-4-6(11)9(12)17-7/h4H,3,5H2,1-2H3. The molecule has 17 heavy (non-hydrogen) atoms. The normalized spacial score (nSPS) is 10.1. The number of nitrogens with zero attached hydrogens (tertiary/aromatic N) is 1. The number of ether oxygens (including phenoxy) is 1. The summed E-state index contributed by atoms with van der Waals surface area (Å²) in [7, 11) is 1.57. The maximum Gasteiger partial charge on any atom is 0.325 e. The molecule has 0 aromatic carbocycles. The van der Waals surface area contributed by atoms with Crippen LogP contribution in [0, 0.1) is 0 Å². The zero-order valence-corrected chi connectivity index (χ0v) is 13.3.